The summed E-state index contributed by atoms with van der Waals surface area (Å²) >= 11 is 0. The molecule has 2 fully saturated rings. The number of carbonyl (C=O) groups excluding carboxylic acids is 1. The standard InChI is InChI=1S/C30H47FO2/c1-3-5-6-7-9-23-10-15-25(16-11-23)26-17-12-24(13-18-26)14-21-30(32)33-28-20-19-27(8-4-2)29(31)22-28/h19-20,22-26H,3-18,21H2,1-2H3. The minimum atomic E-state index is -0.272. The molecule has 0 spiro atoms. The van der Waals surface area contributed by atoms with Gasteiger partial charge >= 0.3 is 5.97 Å². The first-order chi connectivity index (χ1) is 16.1. The Morgan fingerprint density at radius 2 is 1.48 bits per heavy atom. The molecule has 2 saturated carbocycles. The van der Waals surface area contributed by atoms with Gasteiger partial charge in [0, 0.05) is 12.5 Å². The maximum Gasteiger partial charge on any atom is 0.311 e. The van der Waals surface area contributed by atoms with Gasteiger partial charge in [-0.25, -0.2) is 4.39 Å². The summed E-state index contributed by atoms with van der Waals surface area (Å²) in [7, 11) is 0. The molecule has 2 aliphatic carbocycles. The topological polar surface area (TPSA) is 26.3 Å². The molecule has 1 aromatic rings. The number of aryl methyl sites for hydroxylation is 1. The van der Waals surface area contributed by atoms with Crippen molar-refractivity contribution in [1.82, 2.24) is 0 Å². The summed E-state index contributed by atoms with van der Waals surface area (Å²) in [5.41, 5.74) is 0.689. The molecule has 0 amide bonds. The first kappa shape index (κ1) is 26.2. The van der Waals surface area contributed by atoms with Crippen LogP contribution in [-0.4, -0.2) is 5.97 Å². The Kier molecular flexibility index (Phi) is 11.2. The van der Waals surface area contributed by atoms with Crippen molar-refractivity contribution < 1.29 is 13.9 Å². The highest BCUT2D eigenvalue weighted by Gasteiger charge is 2.30. The molecule has 186 valence electrons. The van der Waals surface area contributed by atoms with E-state index in [-0.39, 0.29) is 11.8 Å². The minimum Gasteiger partial charge on any atom is -0.426 e. The summed E-state index contributed by atoms with van der Waals surface area (Å²) in [6.07, 6.45) is 21.1. The molecule has 33 heavy (non-hydrogen) atoms. The first-order valence-electron chi connectivity index (χ1n) is 14.1. The van der Waals surface area contributed by atoms with Crippen LogP contribution in [0.5, 0.6) is 5.75 Å². The second-order valence-corrected chi connectivity index (χ2v) is 10.9. The highest BCUT2D eigenvalue weighted by atomic mass is 19.1. The van der Waals surface area contributed by atoms with Gasteiger partial charge < -0.3 is 4.74 Å². The zero-order valence-corrected chi connectivity index (χ0v) is 21.3. The Hall–Kier alpha value is -1.38. The van der Waals surface area contributed by atoms with E-state index >= 15 is 0 Å². The average Bonchev–Trinajstić information content (AvgIpc) is 2.83. The molecular weight excluding hydrogens is 411 g/mol. The van der Waals surface area contributed by atoms with Crippen molar-refractivity contribution in [3.8, 4) is 5.75 Å². The highest BCUT2D eigenvalue weighted by Crippen LogP contribution is 2.43. The van der Waals surface area contributed by atoms with Crippen molar-refractivity contribution in [2.24, 2.45) is 23.7 Å². The second kappa shape index (κ2) is 14.1. The fraction of sp³-hybridized carbons (Fsp3) is 0.767. The zero-order valence-electron chi connectivity index (χ0n) is 21.3. The van der Waals surface area contributed by atoms with Crippen molar-refractivity contribution in [2.45, 2.75) is 123 Å². The van der Waals surface area contributed by atoms with E-state index in [0.717, 1.165) is 30.6 Å². The Labute approximate surface area is 202 Å². The van der Waals surface area contributed by atoms with Crippen LogP contribution in [0.2, 0.25) is 0 Å². The summed E-state index contributed by atoms with van der Waals surface area (Å²) in [6, 6.07) is 4.81. The van der Waals surface area contributed by atoms with Gasteiger partial charge in [0.25, 0.3) is 0 Å². The lowest BCUT2D eigenvalue weighted by atomic mass is 9.68. The Morgan fingerprint density at radius 3 is 2.06 bits per heavy atom. The third-order valence-electron chi connectivity index (χ3n) is 8.45. The summed E-state index contributed by atoms with van der Waals surface area (Å²) in [4.78, 5) is 12.3. The Morgan fingerprint density at radius 1 is 0.848 bits per heavy atom. The number of benzene rings is 1. The molecule has 0 atom stereocenters. The van der Waals surface area contributed by atoms with E-state index in [1.807, 2.05) is 6.92 Å². The Bertz CT molecular complexity index is 699. The fourth-order valence-electron chi connectivity index (χ4n) is 6.32. The van der Waals surface area contributed by atoms with Gasteiger partial charge in [0.2, 0.25) is 0 Å². The number of hydrogen-bond donors (Lipinski definition) is 0. The van der Waals surface area contributed by atoms with Gasteiger partial charge in [0.05, 0.1) is 0 Å². The molecule has 0 saturated heterocycles. The van der Waals surface area contributed by atoms with Gasteiger partial charge in [-0.2, -0.15) is 0 Å². The average molecular weight is 459 g/mol. The molecular formula is C30H47FO2. The molecule has 0 unspecified atom stereocenters. The number of unbranched alkanes of at least 4 members (excludes halogenated alkanes) is 3. The van der Waals surface area contributed by atoms with E-state index in [1.165, 1.54) is 89.5 Å². The fourth-order valence-corrected chi connectivity index (χ4v) is 6.32. The van der Waals surface area contributed by atoms with Crippen LogP contribution in [0.4, 0.5) is 4.39 Å². The van der Waals surface area contributed by atoms with Gasteiger partial charge in [0.15, 0.2) is 0 Å². The number of hydrogen-bond acceptors (Lipinski definition) is 2. The molecule has 0 N–H and O–H groups in total. The maximum atomic E-state index is 14.1. The summed E-state index contributed by atoms with van der Waals surface area (Å²) in [6.45, 7) is 4.32. The van der Waals surface area contributed by atoms with Crippen molar-refractivity contribution in [3.05, 3.63) is 29.6 Å². The maximum absolute atomic E-state index is 14.1. The third kappa shape index (κ3) is 8.72. The number of halogens is 1. The van der Waals surface area contributed by atoms with Gasteiger partial charge in [-0.3, -0.25) is 4.79 Å². The number of ether oxygens (including phenoxy) is 1. The first-order valence-corrected chi connectivity index (χ1v) is 14.1. The summed E-state index contributed by atoms with van der Waals surface area (Å²) in [5, 5.41) is 0. The van der Waals surface area contributed by atoms with Crippen LogP contribution in [0.3, 0.4) is 0 Å². The summed E-state index contributed by atoms with van der Waals surface area (Å²) in [5.74, 6) is 3.35. The molecule has 0 radical (unpaired) electrons. The van der Waals surface area contributed by atoms with Crippen LogP contribution in [-0.2, 0) is 11.2 Å². The van der Waals surface area contributed by atoms with Gasteiger partial charge in [-0.1, -0.05) is 84.1 Å². The van der Waals surface area contributed by atoms with Crippen molar-refractivity contribution in [2.75, 3.05) is 0 Å². The lowest BCUT2D eigenvalue weighted by Crippen LogP contribution is -2.26. The molecule has 3 heteroatoms. The molecule has 0 aliphatic heterocycles. The smallest absolute Gasteiger partial charge is 0.311 e. The molecule has 2 aliphatic rings. The number of rotatable bonds is 12. The van der Waals surface area contributed by atoms with Crippen LogP contribution in [0, 0.1) is 29.5 Å². The van der Waals surface area contributed by atoms with Gasteiger partial charge in [-0.15, -0.1) is 0 Å². The normalized spacial score (nSPS) is 25.7. The molecule has 0 aromatic heterocycles. The van der Waals surface area contributed by atoms with E-state index in [9.17, 15) is 9.18 Å². The highest BCUT2D eigenvalue weighted by molar-refractivity contribution is 5.72. The summed E-state index contributed by atoms with van der Waals surface area (Å²) < 4.78 is 19.5. The largest absolute Gasteiger partial charge is 0.426 e. The molecule has 1 aromatic carbocycles. The quantitative estimate of drug-likeness (QED) is 0.177. The molecule has 3 rings (SSSR count). The van der Waals surface area contributed by atoms with E-state index in [4.69, 9.17) is 4.74 Å². The van der Waals surface area contributed by atoms with E-state index in [0.29, 0.717) is 30.1 Å². The van der Waals surface area contributed by atoms with Crippen LogP contribution < -0.4 is 4.74 Å². The van der Waals surface area contributed by atoms with Crippen molar-refractivity contribution in [3.63, 3.8) is 0 Å². The third-order valence-corrected chi connectivity index (χ3v) is 8.45. The predicted molar refractivity (Wildman–Crippen MR) is 135 cm³/mol. The lowest BCUT2D eigenvalue weighted by Gasteiger charge is -2.38. The number of carbonyl (C=O) groups is 1. The lowest BCUT2D eigenvalue weighted by molar-refractivity contribution is -0.134. The predicted octanol–water partition coefficient (Wildman–Crippen LogP) is 9.05. The van der Waals surface area contributed by atoms with Gasteiger partial charge in [-0.05, 0) is 73.8 Å². The Balaban J connectivity index is 1.30. The van der Waals surface area contributed by atoms with Gasteiger partial charge in [0.1, 0.15) is 11.6 Å². The van der Waals surface area contributed by atoms with E-state index in [2.05, 4.69) is 6.92 Å². The van der Waals surface area contributed by atoms with E-state index in [1.54, 1.807) is 12.1 Å². The zero-order chi connectivity index (χ0) is 23.5. The molecule has 0 heterocycles. The van der Waals surface area contributed by atoms with Crippen molar-refractivity contribution in [1.29, 1.82) is 0 Å². The van der Waals surface area contributed by atoms with Crippen molar-refractivity contribution >= 4 is 5.97 Å². The second-order valence-electron chi connectivity index (χ2n) is 10.9. The molecule has 2 nitrogen and oxygen atoms in total. The van der Waals surface area contributed by atoms with E-state index < -0.39 is 0 Å². The van der Waals surface area contributed by atoms with Crippen LogP contribution in [0.15, 0.2) is 18.2 Å². The van der Waals surface area contributed by atoms with Crippen LogP contribution in [0.25, 0.3) is 0 Å². The number of esters is 1. The van der Waals surface area contributed by atoms with Crippen LogP contribution >= 0.6 is 0 Å². The SMILES string of the molecule is CCCCCCC1CCC(C2CCC(CCC(=O)Oc3ccc(CCC)c(F)c3)CC2)CC1. The van der Waals surface area contributed by atoms with Crippen LogP contribution in [0.1, 0.15) is 122 Å². The minimum absolute atomic E-state index is 0.225. The molecule has 0 bridgehead atoms. The monoisotopic (exact) mass is 458 g/mol.